The summed E-state index contributed by atoms with van der Waals surface area (Å²) >= 11 is 0. The molecule has 1 aromatic carbocycles. The summed E-state index contributed by atoms with van der Waals surface area (Å²) in [5.41, 5.74) is 1.10. The number of carbonyl (C=O) groups is 2. The highest BCUT2D eigenvalue weighted by Gasteiger charge is 2.65. The van der Waals surface area contributed by atoms with E-state index in [1.54, 1.807) is 0 Å². The molecule has 1 saturated heterocycles. The SMILES string of the molecule is CC(=O)O[C@H]1/C=C/[C@H](C)C[C@H](C)C/C=C/[C@H]2C=C(CO)[C@@H](C)[C@@H]3[C@H](Cc4ccccc4)NC(=O)[C@@]321. The number of aliphatic hydroxyl groups excluding tert-OH is 1. The standard InChI is InChI=1S/C30H39NO4/c1-19-9-8-12-25-17-24(18-32)21(3)28-26(16-23-10-6-5-7-11-23)31-29(34)30(25,28)27(35-22(4)33)14-13-20(2)15-19/h5-8,10-14,17,19-21,25-28,32H,9,15-16,18H2,1-4H3,(H,31,34)/b12-8+,14-13+/t19-,20+,21-,25+,26+,27+,28-,30+/m1/s1. The van der Waals surface area contributed by atoms with Crippen molar-refractivity contribution in [2.24, 2.45) is 35.0 Å². The molecule has 0 bridgehead atoms. The fraction of sp³-hybridized carbons (Fsp3) is 0.533. The molecule has 1 aliphatic heterocycles. The van der Waals surface area contributed by atoms with Gasteiger partial charge >= 0.3 is 5.97 Å². The zero-order chi connectivity index (χ0) is 25.2. The molecule has 35 heavy (non-hydrogen) atoms. The molecule has 1 heterocycles. The summed E-state index contributed by atoms with van der Waals surface area (Å²) in [4.78, 5) is 26.5. The van der Waals surface area contributed by atoms with E-state index in [4.69, 9.17) is 4.74 Å². The van der Waals surface area contributed by atoms with Crippen molar-refractivity contribution in [2.45, 2.75) is 59.1 Å². The molecule has 1 aromatic rings. The fourth-order valence-electron chi connectivity index (χ4n) is 6.75. The lowest BCUT2D eigenvalue weighted by molar-refractivity contribution is -0.159. The normalized spacial score (nSPS) is 38.7. The molecule has 4 rings (SSSR count). The number of hydrogen-bond donors (Lipinski definition) is 2. The third-order valence-corrected chi connectivity index (χ3v) is 8.28. The van der Waals surface area contributed by atoms with E-state index < -0.39 is 17.5 Å². The number of benzene rings is 1. The van der Waals surface area contributed by atoms with E-state index in [0.29, 0.717) is 18.3 Å². The molecule has 1 amide bonds. The van der Waals surface area contributed by atoms with Gasteiger partial charge in [-0.15, -0.1) is 0 Å². The maximum atomic E-state index is 14.1. The number of nitrogens with one attached hydrogen (secondary N) is 1. The van der Waals surface area contributed by atoms with Gasteiger partial charge in [0.05, 0.1) is 6.61 Å². The molecule has 0 unspecified atom stereocenters. The van der Waals surface area contributed by atoms with Crippen LogP contribution >= 0.6 is 0 Å². The van der Waals surface area contributed by atoms with Gasteiger partial charge in [0.1, 0.15) is 11.5 Å². The van der Waals surface area contributed by atoms with Crippen LogP contribution in [-0.2, 0) is 20.7 Å². The van der Waals surface area contributed by atoms with E-state index >= 15 is 0 Å². The van der Waals surface area contributed by atoms with Crippen molar-refractivity contribution in [1.82, 2.24) is 5.32 Å². The Morgan fingerprint density at radius 1 is 1.14 bits per heavy atom. The molecule has 0 radical (unpaired) electrons. The maximum Gasteiger partial charge on any atom is 0.303 e. The number of amides is 1. The van der Waals surface area contributed by atoms with Gasteiger partial charge in [-0.2, -0.15) is 0 Å². The quantitative estimate of drug-likeness (QED) is 0.490. The van der Waals surface area contributed by atoms with Crippen LogP contribution in [0.5, 0.6) is 0 Å². The van der Waals surface area contributed by atoms with Crippen LogP contribution in [-0.4, -0.2) is 35.7 Å². The van der Waals surface area contributed by atoms with E-state index in [1.165, 1.54) is 6.92 Å². The van der Waals surface area contributed by atoms with Gasteiger partial charge in [-0.25, -0.2) is 0 Å². The van der Waals surface area contributed by atoms with Crippen LogP contribution in [0.15, 0.2) is 66.3 Å². The van der Waals surface area contributed by atoms with Crippen molar-refractivity contribution in [2.75, 3.05) is 6.61 Å². The van der Waals surface area contributed by atoms with Gasteiger partial charge in [0, 0.05) is 24.8 Å². The van der Waals surface area contributed by atoms with Crippen molar-refractivity contribution in [3.63, 3.8) is 0 Å². The Bertz CT molecular complexity index is 1010. The number of aliphatic hydroxyl groups is 1. The summed E-state index contributed by atoms with van der Waals surface area (Å²) in [6.07, 6.45) is 12.4. The predicted octanol–water partition coefficient (Wildman–Crippen LogP) is 4.62. The molecule has 2 aliphatic carbocycles. The summed E-state index contributed by atoms with van der Waals surface area (Å²) < 4.78 is 5.99. The van der Waals surface area contributed by atoms with Gasteiger partial charge in [-0.1, -0.05) is 75.4 Å². The lowest BCUT2D eigenvalue weighted by Crippen LogP contribution is -2.55. The van der Waals surface area contributed by atoms with Gasteiger partial charge in [0.2, 0.25) is 5.91 Å². The van der Waals surface area contributed by atoms with E-state index in [9.17, 15) is 14.7 Å². The van der Waals surface area contributed by atoms with Crippen molar-refractivity contribution in [1.29, 1.82) is 0 Å². The highest BCUT2D eigenvalue weighted by atomic mass is 16.5. The second-order valence-electron chi connectivity index (χ2n) is 10.8. The Morgan fingerprint density at radius 2 is 1.89 bits per heavy atom. The second-order valence-corrected chi connectivity index (χ2v) is 10.8. The Morgan fingerprint density at radius 3 is 2.57 bits per heavy atom. The lowest BCUT2D eigenvalue weighted by atomic mass is 9.54. The minimum Gasteiger partial charge on any atom is -0.457 e. The first-order valence-corrected chi connectivity index (χ1v) is 13.0. The Hall–Kier alpha value is -2.66. The Kier molecular flexibility index (Phi) is 7.65. The molecule has 3 aliphatic rings. The Labute approximate surface area is 209 Å². The molecule has 1 fully saturated rings. The number of hydrogen-bond acceptors (Lipinski definition) is 4. The average molecular weight is 478 g/mol. The maximum absolute atomic E-state index is 14.1. The molecule has 0 aromatic heterocycles. The van der Waals surface area contributed by atoms with Crippen LogP contribution in [0.3, 0.4) is 0 Å². The van der Waals surface area contributed by atoms with Crippen molar-refractivity contribution in [3.8, 4) is 0 Å². The van der Waals surface area contributed by atoms with Crippen molar-refractivity contribution < 1.29 is 19.4 Å². The number of allylic oxidation sites excluding steroid dienone is 4. The highest BCUT2D eigenvalue weighted by Crippen LogP contribution is 2.56. The largest absolute Gasteiger partial charge is 0.457 e. The zero-order valence-corrected chi connectivity index (χ0v) is 21.3. The van der Waals surface area contributed by atoms with Crippen LogP contribution in [0.25, 0.3) is 0 Å². The first kappa shape index (κ1) is 25.4. The summed E-state index contributed by atoms with van der Waals surface area (Å²) in [5.74, 6) is -0.165. The van der Waals surface area contributed by atoms with Crippen LogP contribution < -0.4 is 5.32 Å². The van der Waals surface area contributed by atoms with Crippen LogP contribution in [0.1, 0.15) is 46.1 Å². The molecule has 5 nitrogen and oxygen atoms in total. The molecular formula is C30H39NO4. The van der Waals surface area contributed by atoms with Gasteiger partial charge in [-0.05, 0) is 54.2 Å². The number of rotatable bonds is 4. The summed E-state index contributed by atoms with van der Waals surface area (Å²) in [6.45, 7) is 7.87. The number of ether oxygens (including phenoxy) is 1. The highest BCUT2D eigenvalue weighted by molar-refractivity contribution is 5.89. The van der Waals surface area contributed by atoms with Gasteiger partial charge in [-0.3, -0.25) is 9.59 Å². The van der Waals surface area contributed by atoms with E-state index in [2.05, 4.69) is 62.5 Å². The van der Waals surface area contributed by atoms with E-state index in [-0.39, 0.29) is 36.3 Å². The van der Waals surface area contributed by atoms with Gasteiger partial charge in [0.25, 0.3) is 0 Å². The summed E-state index contributed by atoms with van der Waals surface area (Å²) in [5, 5.41) is 13.6. The molecule has 5 heteroatoms. The van der Waals surface area contributed by atoms with Crippen LogP contribution in [0, 0.1) is 35.0 Å². The van der Waals surface area contributed by atoms with Gasteiger partial charge < -0.3 is 15.2 Å². The molecule has 0 saturated carbocycles. The topological polar surface area (TPSA) is 75.6 Å². The first-order valence-electron chi connectivity index (χ1n) is 13.0. The number of esters is 1. The van der Waals surface area contributed by atoms with Crippen LogP contribution in [0.2, 0.25) is 0 Å². The predicted molar refractivity (Wildman–Crippen MR) is 137 cm³/mol. The minimum atomic E-state index is -0.983. The number of carbonyl (C=O) groups excluding carboxylic acids is 2. The third kappa shape index (κ3) is 4.88. The summed E-state index contributed by atoms with van der Waals surface area (Å²) in [6, 6.07) is 10.0. The third-order valence-electron chi connectivity index (χ3n) is 8.28. The minimum absolute atomic E-state index is 0.0498. The average Bonchev–Trinajstić information content (AvgIpc) is 3.10. The lowest BCUT2D eigenvalue weighted by Gasteiger charge is -2.48. The molecule has 2 N–H and O–H groups in total. The van der Waals surface area contributed by atoms with Crippen molar-refractivity contribution >= 4 is 11.9 Å². The van der Waals surface area contributed by atoms with Crippen LogP contribution in [0.4, 0.5) is 0 Å². The van der Waals surface area contributed by atoms with E-state index in [1.807, 2.05) is 24.3 Å². The van der Waals surface area contributed by atoms with Crippen molar-refractivity contribution in [3.05, 3.63) is 71.8 Å². The molecular weight excluding hydrogens is 438 g/mol. The second kappa shape index (κ2) is 10.5. The monoisotopic (exact) mass is 477 g/mol. The van der Waals surface area contributed by atoms with E-state index in [0.717, 1.165) is 24.0 Å². The zero-order valence-electron chi connectivity index (χ0n) is 21.3. The van der Waals surface area contributed by atoms with Gasteiger partial charge in [0.15, 0.2) is 0 Å². The Balaban J connectivity index is 1.90. The first-order chi connectivity index (χ1) is 16.8. The fourth-order valence-corrected chi connectivity index (χ4v) is 6.75. The summed E-state index contributed by atoms with van der Waals surface area (Å²) in [7, 11) is 0. The molecule has 8 atom stereocenters. The molecule has 1 spiro atoms. The molecule has 188 valence electrons. The smallest absolute Gasteiger partial charge is 0.303 e.